The van der Waals surface area contributed by atoms with Gasteiger partial charge in [-0.2, -0.15) is 0 Å². The SMILES string of the molecule is C=Cc1cc(F)cc(CC(=O)NCC2CC2)c1. The lowest BCUT2D eigenvalue weighted by Crippen LogP contribution is -2.27. The van der Waals surface area contributed by atoms with Gasteiger partial charge < -0.3 is 5.32 Å². The molecule has 1 amide bonds. The van der Waals surface area contributed by atoms with Crippen molar-refractivity contribution in [3.05, 3.63) is 41.7 Å². The highest BCUT2D eigenvalue weighted by atomic mass is 19.1. The highest BCUT2D eigenvalue weighted by Crippen LogP contribution is 2.27. The summed E-state index contributed by atoms with van der Waals surface area (Å²) in [4.78, 5) is 11.6. The molecule has 0 bridgehead atoms. The van der Waals surface area contributed by atoms with Crippen LogP contribution in [0.3, 0.4) is 0 Å². The Balaban J connectivity index is 1.93. The fraction of sp³-hybridized carbons (Fsp3) is 0.357. The number of hydrogen-bond donors (Lipinski definition) is 1. The summed E-state index contributed by atoms with van der Waals surface area (Å²) >= 11 is 0. The van der Waals surface area contributed by atoms with Crippen molar-refractivity contribution >= 4 is 12.0 Å². The van der Waals surface area contributed by atoms with E-state index in [1.54, 1.807) is 12.1 Å². The van der Waals surface area contributed by atoms with Crippen molar-refractivity contribution in [2.24, 2.45) is 5.92 Å². The third-order valence-corrected chi connectivity index (χ3v) is 2.87. The minimum absolute atomic E-state index is 0.0440. The van der Waals surface area contributed by atoms with Gasteiger partial charge in [-0.05, 0) is 42.0 Å². The standard InChI is InChI=1S/C14H16FNO/c1-2-10-5-12(7-13(15)6-10)8-14(17)16-9-11-3-4-11/h2,5-7,11H,1,3-4,8-9H2,(H,16,17). The van der Waals surface area contributed by atoms with Crippen molar-refractivity contribution in [1.29, 1.82) is 0 Å². The molecule has 0 spiro atoms. The first-order valence-corrected chi connectivity index (χ1v) is 5.86. The van der Waals surface area contributed by atoms with Crippen LogP contribution in [-0.2, 0) is 11.2 Å². The molecule has 0 atom stereocenters. The summed E-state index contributed by atoms with van der Waals surface area (Å²) in [5.74, 6) is 0.292. The van der Waals surface area contributed by atoms with Crippen LogP contribution in [0.25, 0.3) is 6.08 Å². The van der Waals surface area contributed by atoms with Gasteiger partial charge in [-0.1, -0.05) is 18.7 Å². The van der Waals surface area contributed by atoms with E-state index in [2.05, 4.69) is 11.9 Å². The second kappa shape index (κ2) is 5.13. The van der Waals surface area contributed by atoms with Crippen LogP contribution in [0.1, 0.15) is 24.0 Å². The zero-order chi connectivity index (χ0) is 12.3. The summed E-state index contributed by atoms with van der Waals surface area (Å²) in [5, 5.41) is 2.86. The number of amides is 1. The van der Waals surface area contributed by atoms with Crippen LogP contribution < -0.4 is 5.32 Å². The monoisotopic (exact) mass is 233 g/mol. The molecule has 1 N–H and O–H groups in total. The van der Waals surface area contributed by atoms with Crippen LogP contribution in [0.2, 0.25) is 0 Å². The third kappa shape index (κ3) is 3.70. The number of nitrogens with one attached hydrogen (secondary N) is 1. The fourth-order valence-corrected chi connectivity index (χ4v) is 1.72. The minimum atomic E-state index is -0.326. The molecule has 90 valence electrons. The maximum Gasteiger partial charge on any atom is 0.224 e. The number of rotatable bonds is 5. The van der Waals surface area contributed by atoms with E-state index in [1.807, 2.05) is 0 Å². The lowest BCUT2D eigenvalue weighted by atomic mass is 10.1. The van der Waals surface area contributed by atoms with Crippen molar-refractivity contribution in [3.8, 4) is 0 Å². The number of halogens is 1. The molecule has 1 aromatic rings. The molecule has 0 aliphatic heterocycles. The molecule has 0 heterocycles. The maximum atomic E-state index is 13.2. The Morgan fingerprint density at radius 1 is 1.47 bits per heavy atom. The highest BCUT2D eigenvalue weighted by molar-refractivity contribution is 5.78. The van der Waals surface area contributed by atoms with Gasteiger partial charge in [0.25, 0.3) is 0 Å². The third-order valence-electron chi connectivity index (χ3n) is 2.87. The van der Waals surface area contributed by atoms with Crippen molar-refractivity contribution in [3.63, 3.8) is 0 Å². The van der Waals surface area contributed by atoms with Crippen LogP contribution >= 0.6 is 0 Å². The smallest absolute Gasteiger partial charge is 0.224 e. The van der Waals surface area contributed by atoms with Gasteiger partial charge in [-0.25, -0.2) is 4.39 Å². The topological polar surface area (TPSA) is 29.1 Å². The first kappa shape index (κ1) is 11.8. The molecule has 2 rings (SSSR count). The predicted molar refractivity (Wildman–Crippen MR) is 65.9 cm³/mol. The summed E-state index contributed by atoms with van der Waals surface area (Å²) in [6.07, 6.45) is 4.22. The average molecular weight is 233 g/mol. The maximum absolute atomic E-state index is 13.2. The molecule has 2 nitrogen and oxygen atoms in total. The van der Waals surface area contributed by atoms with E-state index >= 15 is 0 Å². The van der Waals surface area contributed by atoms with E-state index in [1.165, 1.54) is 25.0 Å². The van der Waals surface area contributed by atoms with Crippen LogP contribution in [0, 0.1) is 11.7 Å². The normalized spacial score (nSPS) is 14.4. The first-order chi connectivity index (χ1) is 8.17. The Hall–Kier alpha value is -1.64. The van der Waals surface area contributed by atoms with Crippen LogP contribution in [0.4, 0.5) is 4.39 Å². The zero-order valence-corrected chi connectivity index (χ0v) is 9.71. The van der Waals surface area contributed by atoms with Gasteiger partial charge in [0.15, 0.2) is 0 Å². The number of carbonyl (C=O) groups is 1. The van der Waals surface area contributed by atoms with E-state index in [4.69, 9.17) is 0 Å². The molecule has 0 radical (unpaired) electrons. The van der Waals surface area contributed by atoms with Crippen LogP contribution in [0.15, 0.2) is 24.8 Å². The molecule has 17 heavy (non-hydrogen) atoms. The van der Waals surface area contributed by atoms with Gasteiger partial charge in [-0.15, -0.1) is 0 Å². The Morgan fingerprint density at radius 3 is 2.88 bits per heavy atom. The molecule has 1 aliphatic carbocycles. The highest BCUT2D eigenvalue weighted by Gasteiger charge is 2.21. The van der Waals surface area contributed by atoms with Gasteiger partial charge in [0.05, 0.1) is 6.42 Å². The Morgan fingerprint density at radius 2 is 2.24 bits per heavy atom. The quantitative estimate of drug-likeness (QED) is 0.832. The molecular formula is C14H16FNO. The fourth-order valence-electron chi connectivity index (χ4n) is 1.72. The van der Waals surface area contributed by atoms with Crippen molar-refractivity contribution in [1.82, 2.24) is 5.32 Å². The van der Waals surface area contributed by atoms with E-state index in [0.717, 1.165) is 6.54 Å². The molecule has 1 fully saturated rings. The second-order valence-corrected chi connectivity index (χ2v) is 4.52. The van der Waals surface area contributed by atoms with E-state index in [-0.39, 0.29) is 18.1 Å². The Labute approximate surface area is 101 Å². The second-order valence-electron chi connectivity index (χ2n) is 4.52. The van der Waals surface area contributed by atoms with Gasteiger partial charge >= 0.3 is 0 Å². The first-order valence-electron chi connectivity index (χ1n) is 5.86. The summed E-state index contributed by atoms with van der Waals surface area (Å²) in [7, 11) is 0. The van der Waals surface area contributed by atoms with Crippen molar-refractivity contribution < 1.29 is 9.18 Å². The summed E-state index contributed by atoms with van der Waals surface area (Å²) in [5.41, 5.74) is 1.39. The van der Waals surface area contributed by atoms with Gasteiger partial charge in [0.2, 0.25) is 5.91 Å². The largest absolute Gasteiger partial charge is 0.356 e. The van der Waals surface area contributed by atoms with Crippen LogP contribution in [0.5, 0.6) is 0 Å². The predicted octanol–water partition coefficient (Wildman–Crippen LogP) is 2.54. The lowest BCUT2D eigenvalue weighted by Gasteiger charge is -2.05. The van der Waals surface area contributed by atoms with E-state index in [0.29, 0.717) is 17.0 Å². The molecular weight excluding hydrogens is 217 g/mol. The molecule has 3 heteroatoms. The molecule has 1 aromatic carbocycles. The summed E-state index contributed by atoms with van der Waals surface area (Å²) < 4.78 is 13.2. The number of hydrogen-bond acceptors (Lipinski definition) is 1. The molecule has 1 aliphatic rings. The average Bonchev–Trinajstić information content (AvgIpc) is 3.09. The molecule has 0 aromatic heterocycles. The number of carbonyl (C=O) groups excluding carboxylic acids is 1. The summed E-state index contributed by atoms with van der Waals surface area (Å²) in [6.45, 7) is 4.35. The van der Waals surface area contributed by atoms with E-state index < -0.39 is 0 Å². The van der Waals surface area contributed by atoms with Crippen molar-refractivity contribution in [2.45, 2.75) is 19.3 Å². The summed E-state index contributed by atoms with van der Waals surface area (Å²) in [6, 6.07) is 4.58. The Kier molecular flexibility index (Phi) is 3.57. The lowest BCUT2D eigenvalue weighted by molar-refractivity contribution is -0.120. The van der Waals surface area contributed by atoms with Gasteiger partial charge in [0, 0.05) is 6.54 Å². The Bertz CT molecular complexity index is 438. The number of benzene rings is 1. The molecule has 1 saturated carbocycles. The zero-order valence-electron chi connectivity index (χ0n) is 9.71. The van der Waals surface area contributed by atoms with Gasteiger partial charge in [0.1, 0.15) is 5.82 Å². The molecule has 0 unspecified atom stereocenters. The van der Waals surface area contributed by atoms with Gasteiger partial charge in [-0.3, -0.25) is 4.79 Å². The minimum Gasteiger partial charge on any atom is -0.356 e. The van der Waals surface area contributed by atoms with Crippen molar-refractivity contribution in [2.75, 3.05) is 6.54 Å². The molecule has 0 saturated heterocycles. The van der Waals surface area contributed by atoms with Crippen LogP contribution in [-0.4, -0.2) is 12.5 Å². The van der Waals surface area contributed by atoms with E-state index in [9.17, 15) is 9.18 Å².